The van der Waals surface area contributed by atoms with Crippen LogP contribution in [0.15, 0.2) is 18.2 Å². The third-order valence-corrected chi connectivity index (χ3v) is 3.15. The van der Waals surface area contributed by atoms with Gasteiger partial charge < -0.3 is 15.5 Å². The first-order valence-electron chi connectivity index (χ1n) is 6.81. The van der Waals surface area contributed by atoms with Gasteiger partial charge in [0.15, 0.2) is 0 Å². The molecule has 1 rings (SSSR count). The molecule has 1 aromatic rings. The topological polar surface area (TPSA) is 56.4 Å². The summed E-state index contributed by atoms with van der Waals surface area (Å²) in [5.41, 5.74) is 8.85. The van der Waals surface area contributed by atoms with Crippen LogP contribution in [0.4, 0.5) is 5.69 Å². The zero-order valence-electron chi connectivity index (χ0n) is 12.5. The first-order valence-corrected chi connectivity index (χ1v) is 6.81. The van der Waals surface area contributed by atoms with Crippen LogP contribution in [0.5, 0.6) is 0 Å². The Morgan fingerprint density at radius 3 is 2.42 bits per heavy atom. The molecule has 4 nitrogen and oxygen atoms in total. The molecular formula is C15H26N4. The lowest BCUT2D eigenvalue weighted by molar-refractivity contribution is 0.413. The molecule has 4 heteroatoms. The van der Waals surface area contributed by atoms with Crippen molar-refractivity contribution in [2.45, 2.75) is 20.3 Å². The highest BCUT2D eigenvalue weighted by molar-refractivity contribution is 6.01. The number of rotatable bonds is 7. The zero-order valence-corrected chi connectivity index (χ0v) is 12.5. The van der Waals surface area contributed by atoms with Gasteiger partial charge in [0, 0.05) is 25.2 Å². The van der Waals surface area contributed by atoms with E-state index in [9.17, 15) is 0 Å². The van der Waals surface area contributed by atoms with Crippen molar-refractivity contribution >= 4 is 11.5 Å². The van der Waals surface area contributed by atoms with Gasteiger partial charge in [-0.1, -0.05) is 19.1 Å². The van der Waals surface area contributed by atoms with Crippen molar-refractivity contribution in [2.75, 3.05) is 38.6 Å². The van der Waals surface area contributed by atoms with E-state index in [-0.39, 0.29) is 5.84 Å². The van der Waals surface area contributed by atoms with E-state index >= 15 is 0 Å². The molecule has 0 atom stereocenters. The number of nitrogen functional groups attached to an aromatic ring is 1. The lowest BCUT2D eigenvalue weighted by atomic mass is 10.1. The van der Waals surface area contributed by atoms with E-state index in [2.05, 4.69) is 43.8 Å². The second kappa shape index (κ2) is 7.14. The number of para-hydroxylation sites is 1. The van der Waals surface area contributed by atoms with Crippen LogP contribution in [0.2, 0.25) is 0 Å². The Balaban J connectivity index is 3.09. The molecule has 1 aromatic carbocycles. The summed E-state index contributed by atoms with van der Waals surface area (Å²) in [6.45, 7) is 7.19. The van der Waals surface area contributed by atoms with E-state index in [1.807, 2.05) is 12.1 Å². The van der Waals surface area contributed by atoms with Gasteiger partial charge in [-0.05, 0) is 39.1 Å². The Labute approximate surface area is 116 Å². The Bertz CT molecular complexity index is 426. The van der Waals surface area contributed by atoms with Crippen LogP contribution >= 0.6 is 0 Å². The number of amidine groups is 1. The quantitative estimate of drug-likeness (QED) is 0.584. The fraction of sp³-hybridized carbons (Fsp3) is 0.533. The maximum absolute atomic E-state index is 7.76. The Kier molecular flexibility index (Phi) is 5.83. The van der Waals surface area contributed by atoms with Crippen molar-refractivity contribution < 1.29 is 0 Å². The largest absolute Gasteiger partial charge is 0.384 e. The number of nitrogens with one attached hydrogen (secondary N) is 1. The highest BCUT2D eigenvalue weighted by Crippen LogP contribution is 2.25. The molecular weight excluding hydrogens is 236 g/mol. The second-order valence-electron chi connectivity index (χ2n) is 5.18. The molecule has 0 heterocycles. The average Bonchev–Trinajstić information content (AvgIpc) is 2.34. The Hall–Kier alpha value is -1.55. The number of hydrogen-bond acceptors (Lipinski definition) is 3. The lowest BCUT2D eigenvalue weighted by Gasteiger charge is -2.29. The summed E-state index contributed by atoms with van der Waals surface area (Å²) in [5.74, 6) is 0.143. The smallest absolute Gasteiger partial charge is 0.124 e. The van der Waals surface area contributed by atoms with Crippen LogP contribution in [0, 0.1) is 12.3 Å². The summed E-state index contributed by atoms with van der Waals surface area (Å²) in [5, 5.41) is 7.76. The molecule has 19 heavy (non-hydrogen) atoms. The van der Waals surface area contributed by atoms with E-state index in [0.29, 0.717) is 0 Å². The van der Waals surface area contributed by atoms with Crippen molar-refractivity contribution in [3.05, 3.63) is 29.3 Å². The molecule has 0 spiro atoms. The number of nitrogens with zero attached hydrogens (tertiary/aromatic N) is 2. The van der Waals surface area contributed by atoms with Crippen molar-refractivity contribution in [3.63, 3.8) is 0 Å². The molecule has 3 N–H and O–H groups in total. The molecule has 0 radical (unpaired) electrons. The van der Waals surface area contributed by atoms with Gasteiger partial charge in [0.05, 0.1) is 5.69 Å². The predicted molar refractivity (Wildman–Crippen MR) is 83.3 cm³/mol. The maximum atomic E-state index is 7.76. The monoisotopic (exact) mass is 262 g/mol. The van der Waals surface area contributed by atoms with Crippen LogP contribution in [0.3, 0.4) is 0 Å². The van der Waals surface area contributed by atoms with E-state index in [1.54, 1.807) is 0 Å². The predicted octanol–water partition coefficient (Wildman–Crippen LogP) is 2.06. The third-order valence-electron chi connectivity index (χ3n) is 3.15. The SMILES string of the molecule is CCCN(CCN(C)C)c1c(C)cccc1C(=N)N. The molecule has 0 bridgehead atoms. The maximum Gasteiger partial charge on any atom is 0.124 e. The molecule has 0 fully saturated rings. The van der Waals surface area contributed by atoms with E-state index in [4.69, 9.17) is 11.1 Å². The Morgan fingerprint density at radius 2 is 1.89 bits per heavy atom. The van der Waals surface area contributed by atoms with Crippen molar-refractivity contribution in [1.82, 2.24) is 4.90 Å². The van der Waals surface area contributed by atoms with Gasteiger partial charge >= 0.3 is 0 Å². The Morgan fingerprint density at radius 1 is 1.21 bits per heavy atom. The zero-order chi connectivity index (χ0) is 14.4. The van der Waals surface area contributed by atoms with E-state index < -0.39 is 0 Å². The van der Waals surface area contributed by atoms with Gasteiger partial charge in [-0.25, -0.2) is 0 Å². The van der Waals surface area contributed by atoms with Gasteiger partial charge in [-0.2, -0.15) is 0 Å². The molecule has 0 aromatic heterocycles. The first kappa shape index (κ1) is 15.5. The van der Waals surface area contributed by atoms with Crippen LogP contribution in [0.25, 0.3) is 0 Å². The molecule has 0 aliphatic carbocycles. The number of nitrogens with two attached hydrogens (primary N) is 1. The minimum atomic E-state index is 0.143. The minimum absolute atomic E-state index is 0.143. The third kappa shape index (κ3) is 4.24. The summed E-state index contributed by atoms with van der Waals surface area (Å²) in [6, 6.07) is 5.98. The van der Waals surface area contributed by atoms with Gasteiger partial charge in [0.25, 0.3) is 0 Å². The number of hydrogen-bond donors (Lipinski definition) is 2. The number of likely N-dealkylation sites (N-methyl/N-ethyl adjacent to an activating group) is 1. The fourth-order valence-electron chi connectivity index (χ4n) is 2.22. The van der Waals surface area contributed by atoms with E-state index in [0.717, 1.165) is 37.3 Å². The average molecular weight is 262 g/mol. The molecule has 0 aliphatic rings. The number of aryl methyl sites for hydroxylation is 1. The lowest BCUT2D eigenvalue weighted by Crippen LogP contribution is -2.34. The van der Waals surface area contributed by atoms with Crippen LogP contribution in [-0.4, -0.2) is 44.5 Å². The van der Waals surface area contributed by atoms with Crippen LogP contribution in [0.1, 0.15) is 24.5 Å². The van der Waals surface area contributed by atoms with Crippen LogP contribution in [-0.2, 0) is 0 Å². The van der Waals surface area contributed by atoms with Gasteiger partial charge in [0.2, 0.25) is 0 Å². The molecule has 0 saturated heterocycles. The second-order valence-corrected chi connectivity index (χ2v) is 5.18. The normalized spacial score (nSPS) is 10.8. The summed E-state index contributed by atoms with van der Waals surface area (Å²) in [7, 11) is 4.15. The summed E-state index contributed by atoms with van der Waals surface area (Å²) >= 11 is 0. The standard InChI is InChI=1S/C15H26N4/c1-5-9-19(11-10-18(3)4)14-12(2)7-6-8-13(14)15(16)17/h6-8H,5,9-11H2,1-4H3,(H3,16,17). The van der Waals surface area contributed by atoms with Gasteiger partial charge in [-0.3, -0.25) is 5.41 Å². The van der Waals surface area contributed by atoms with Gasteiger partial charge in [0.1, 0.15) is 5.84 Å². The van der Waals surface area contributed by atoms with Gasteiger partial charge in [-0.15, -0.1) is 0 Å². The number of anilines is 1. The highest BCUT2D eigenvalue weighted by atomic mass is 15.2. The summed E-state index contributed by atoms with van der Waals surface area (Å²) < 4.78 is 0. The summed E-state index contributed by atoms with van der Waals surface area (Å²) in [6.07, 6.45) is 1.08. The molecule has 0 aliphatic heterocycles. The number of benzene rings is 1. The molecule has 0 saturated carbocycles. The molecule has 0 amide bonds. The minimum Gasteiger partial charge on any atom is -0.384 e. The van der Waals surface area contributed by atoms with Crippen molar-refractivity contribution in [1.29, 1.82) is 5.41 Å². The summed E-state index contributed by atoms with van der Waals surface area (Å²) in [4.78, 5) is 4.51. The highest BCUT2D eigenvalue weighted by Gasteiger charge is 2.15. The first-order chi connectivity index (χ1) is 8.97. The van der Waals surface area contributed by atoms with E-state index in [1.165, 1.54) is 5.56 Å². The molecule has 106 valence electrons. The van der Waals surface area contributed by atoms with Crippen molar-refractivity contribution in [3.8, 4) is 0 Å². The fourth-order valence-corrected chi connectivity index (χ4v) is 2.22. The van der Waals surface area contributed by atoms with Crippen LogP contribution < -0.4 is 10.6 Å². The van der Waals surface area contributed by atoms with Crippen molar-refractivity contribution in [2.24, 2.45) is 5.73 Å². The molecule has 0 unspecified atom stereocenters.